The third-order valence-corrected chi connectivity index (χ3v) is 8.77. The van der Waals surface area contributed by atoms with Crippen LogP contribution in [0.3, 0.4) is 0 Å². The average molecular weight is 468 g/mol. The summed E-state index contributed by atoms with van der Waals surface area (Å²) in [5.41, 5.74) is 10.2. The third-order valence-electron chi connectivity index (χ3n) is 8.77. The van der Waals surface area contributed by atoms with Crippen LogP contribution in [0.2, 0.25) is 0 Å². The summed E-state index contributed by atoms with van der Waals surface area (Å²) in [6.07, 6.45) is 4.53. The molecule has 4 aromatic carbocycles. The second-order valence-corrected chi connectivity index (χ2v) is 11.2. The van der Waals surface area contributed by atoms with E-state index < -0.39 is 12.5 Å². The van der Waals surface area contributed by atoms with Gasteiger partial charge in [-0.3, -0.25) is 0 Å². The highest BCUT2D eigenvalue weighted by atomic mass is 16.7. The molecule has 1 saturated heterocycles. The number of hydrogen-bond donors (Lipinski definition) is 0. The van der Waals surface area contributed by atoms with Gasteiger partial charge in [-0.15, -0.1) is 0 Å². The quantitative estimate of drug-likeness (QED) is 0.246. The van der Waals surface area contributed by atoms with Crippen molar-refractivity contribution < 1.29 is 9.31 Å². The second-order valence-electron chi connectivity index (χ2n) is 11.2. The van der Waals surface area contributed by atoms with Crippen LogP contribution in [-0.2, 0) is 14.7 Å². The smallest absolute Gasteiger partial charge is 0.399 e. The molecule has 1 spiro atoms. The number of hydrogen-bond acceptors (Lipinski definition) is 2. The summed E-state index contributed by atoms with van der Waals surface area (Å²) >= 11 is 0. The molecule has 0 bridgehead atoms. The van der Waals surface area contributed by atoms with Crippen LogP contribution in [0.15, 0.2) is 91.0 Å². The van der Waals surface area contributed by atoms with E-state index in [1.807, 2.05) is 0 Å². The predicted octanol–water partition coefficient (Wildman–Crippen LogP) is 6.83. The Morgan fingerprint density at radius 1 is 0.528 bits per heavy atom. The molecule has 1 fully saturated rings. The third kappa shape index (κ3) is 2.76. The van der Waals surface area contributed by atoms with Crippen LogP contribution in [0.1, 0.15) is 61.1 Å². The minimum atomic E-state index is -0.428. The van der Waals surface area contributed by atoms with E-state index in [0.29, 0.717) is 0 Å². The average Bonchev–Trinajstić information content (AvgIpc) is 3.23. The van der Waals surface area contributed by atoms with Gasteiger partial charge in [0.05, 0.1) is 16.6 Å². The highest BCUT2D eigenvalue weighted by Gasteiger charge is 2.53. The van der Waals surface area contributed by atoms with Gasteiger partial charge in [-0.1, -0.05) is 103 Å². The number of benzene rings is 4. The molecule has 0 unspecified atom stereocenters. The molecule has 36 heavy (non-hydrogen) atoms. The fourth-order valence-electron chi connectivity index (χ4n) is 6.29. The molecule has 0 saturated carbocycles. The zero-order chi connectivity index (χ0) is 24.7. The molecular weight excluding hydrogens is 439 g/mol. The van der Waals surface area contributed by atoms with Gasteiger partial charge >= 0.3 is 7.12 Å². The topological polar surface area (TPSA) is 18.5 Å². The maximum absolute atomic E-state index is 6.49. The summed E-state index contributed by atoms with van der Waals surface area (Å²) in [4.78, 5) is 0. The van der Waals surface area contributed by atoms with Gasteiger partial charge in [0.15, 0.2) is 0 Å². The SMILES string of the molecule is CC1(C)OB(c2ccc3c(c2)C2(c4ccccc4C=C3)c3ccccc3-c3ccccc32)OC1(C)C. The van der Waals surface area contributed by atoms with Gasteiger partial charge < -0.3 is 9.31 Å². The van der Waals surface area contributed by atoms with Gasteiger partial charge in [0.1, 0.15) is 0 Å². The normalized spacial score (nSPS) is 19.4. The first-order valence-electron chi connectivity index (χ1n) is 12.8. The minimum Gasteiger partial charge on any atom is -0.399 e. The van der Waals surface area contributed by atoms with Gasteiger partial charge in [-0.25, -0.2) is 0 Å². The lowest BCUT2D eigenvalue weighted by atomic mass is 9.64. The largest absolute Gasteiger partial charge is 0.494 e. The molecule has 3 heteroatoms. The zero-order valence-electron chi connectivity index (χ0n) is 21.2. The first-order chi connectivity index (χ1) is 17.3. The molecular formula is C33H29BO2. The highest BCUT2D eigenvalue weighted by Crippen LogP contribution is 2.58. The van der Waals surface area contributed by atoms with Crippen molar-refractivity contribution in [1.82, 2.24) is 0 Å². The Labute approximate surface area is 213 Å². The van der Waals surface area contributed by atoms with Crippen molar-refractivity contribution in [2.24, 2.45) is 0 Å². The second kappa shape index (κ2) is 7.32. The minimum absolute atomic E-state index is 0.388. The summed E-state index contributed by atoms with van der Waals surface area (Å²) in [5.74, 6) is 0. The van der Waals surface area contributed by atoms with E-state index in [2.05, 4.69) is 131 Å². The lowest BCUT2D eigenvalue weighted by Gasteiger charge is -2.35. The van der Waals surface area contributed by atoms with E-state index in [1.165, 1.54) is 44.5 Å². The van der Waals surface area contributed by atoms with Crippen molar-refractivity contribution in [2.75, 3.05) is 0 Å². The number of fused-ring (bicyclic) bond motifs is 9. The Morgan fingerprint density at radius 3 is 1.64 bits per heavy atom. The Hall–Kier alpha value is -3.40. The summed E-state index contributed by atoms with van der Waals surface area (Å²) in [6, 6.07) is 33.4. The van der Waals surface area contributed by atoms with Crippen LogP contribution >= 0.6 is 0 Å². The van der Waals surface area contributed by atoms with Gasteiger partial charge in [0.2, 0.25) is 0 Å². The van der Waals surface area contributed by atoms with Gasteiger partial charge in [0, 0.05) is 0 Å². The Kier molecular flexibility index (Phi) is 4.44. The molecule has 0 atom stereocenters. The van der Waals surface area contributed by atoms with Gasteiger partial charge in [-0.05, 0) is 77.7 Å². The fraction of sp³-hybridized carbons (Fsp3) is 0.212. The molecule has 2 aliphatic carbocycles. The lowest BCUT2D eigenvalue weighted by molar-refractivity contribution is 0.00578. The molecule has 176 valence electrons. The van der Waals surface area contributed by atoms with Crippen LogP contribution in [0.4, 0.5) is 0 Å². The van der Waals surface area contributed by atoms with Crippen LogP contribution in [0.25, 0.3) is 23.3 Å². The van der Waals surface area contributed by atoms with E-state index in [4.69, 9.17) is 9.31 Å². The van der Waals surface area contributed by atoms with Crippen LogP contribution in [0, 0.1) is 0 Å². The van der Waals surface area contributed by atoms with E-state index >= 15 is 0 Å². The first kappa shape index (κ1) is 21.9. The molecule has 7 rings (SSSR count). The summed E-state index contributed by atoms with van der Waals surface area (Å²) in [6.45, 7) is 8.45. The Balaban J connectivity index is 1.56. The molecule has 0 amide bonds. The maximum atomic E-state index is 6.49. The van der Waals surface area contributed by atoms with Crippen molar-refractivity contribution in [2.45, 2.75) is 44.3 Å². The summed E-state index contributed by atoms with van der Waals surface area (Å²) in [7, 11) is -0.410. The standard InChI is InChI=1S/C33H29BO2/c1-31(2)32(3,4)36-34(35-31)24-20-19-23-18-17-22-11-5-8-14-27(22)33(30(23)21-24)28-15-9-6-12-25(28)26-13-7-10-16-29(26)33/h5-21H,1-4H3. The van der Waals surface area contributed by atoms with Crippen molar-refractivity contribution in [1.29, 1.82) is 0 Å². The van der Waals surface area contributed by atoms with E-state index in [0.717, 1.165) is 5.46 Å². The van der Waals surface area contributed by atoms with E-state index in [9.17, 15) is 0 Å². The summed E-state index contributed by atoms with van der Waals surface area (Å²) < 4.78 is 13.0. The van der Waals surface area contributed by atoms with Crippen molar-refractivity contribution >= 4 is 24.7 Å². The molecule has 4 aromatic rings. The van der Waals surface area contributed by atoms with Crippen molar-refractivity contribution in [3.63, 3.8) is 0 Å². The summed E-state index contributed by atoms with van der Waals surface area (Å²) in [5, 5.41) is 0. The predicted molar refractivity (Wildman–Crippen MR) is 148 cm³/mol. The van der Waals surface area contributed by atoms with Crippen molar-refractivity contribution in [3.8, 4) is 11.1 Å². The highest BCUT2D eigenvalue weighted by molar-refractivity contribution is 6.62. The molecule has 3 aliphatic rings. The first-order valence-corrected chi connectivity index (χ1v) is 12.8. The maximum Gasteiger partial charge on any atom is 0.494 e. The molecule has 0 N–H and O–H groups in total. The van der Waals surface area contributed by atoms with Gasteiger partial charge in [-0.2, -0.15) is 0 Å². The fourth-order valence-corrected chi connectivity index (χ4v) is 6.29. The van der Waals surface area contributed by atoms with E-state index in [1.54, 1.807) is 0 Å². The molecule has 1 heterocycles. The monoisotopic (exact) mass is 468 g/mol. The molecule has 0 aromatic heterocycles. The zero-order valence-corrected chi connectivity index (χ0v) is 21.2. The van der Waals surface area contributed by atoms with Crippen LogP contribution in [0.5, 0.6) is 0 Å². The molecule has 1 aliphatic heterocycles. The lowest BCUT2D eigenvalue weighted by Crippen LogP contribution is -2.41. The van der Waals surface area contributed by atoms with Crippen LogP contribution < -0.4 is 5.46 Å². The Bertz CT molecular complexity index is 1500. The van der Waals surface area contributed by atoms with Crippen molar-refractivity contribution in [3.05, 3.63) is 124 Å². The van der Waals surface area contributed by atoms with Crippen LogP contribution in [-0.4, -0.2) is 18.3 Å². The van der Waals surface area contributed by atoms with Gasteiger partial charge in [0.25, 0.3) is 0 Å². The molecule has 0 radical (unpaired) electrons. The Morgan fingerprint density at radius 2 is 1.03 bits per heavy atom. The van der Waals surface area contributed by atoms with E-state index in [-0.39, 0.29) is 11.2 Å². The molecule has 2 nitrogen and oxygen atoms in total. The number of rotatable bonds is 1.